The smallest absolute Gasteiger partial charge is 0.0863 e. The first-order valence-corrected chi connectivity index (χ1v) is 9.16. The molecule has 0 heterocycles. The lowest BCUT2D eigenvalue weighted by molar-refractivity contribution is 0.116. The fourth-order valence-electron chi connectivity index (χ4n) is 2.62. The van der Waals surface area contributed by atoms with E-state index >= 15 is 0 Å². The Kier molecular flexibility index (Phi) is 7.02. The van der Waals surface area contributed by atoms with Crippen LogP contribution in [-0.2, 0) is 6.54 Å². The van der Waals surface area contributed by atoms with Crippen LogP contribution < -0.4 is 5.32 Å². The second-order valence-corrected chi connectivity index (χ2v) is 7.57. The molecule has 1 aromatic carbocycles. The van der Waals surface area contributed by atoms with Gasteiger partial charge in [-0.2, -0.15) is 0 Å². The Morgan fingerprint density at radius 3 is 2.64 bits per heavy atom. The van der Waals surface area contributed by atoms with E-state index in [2.05, 4.69) is 42.2 Å². The monoisotopic (exact) mass is 432 g/mol. The molecule has 122 valence electrons. The highest BCUT2D eigenvalue weighted by Crippen LogP contribution is 2.33. The van der Waals surface area contributed by atoms with Crippen LogP contribution in [0.2, 0.25) is 0 Å². The molecule has 6 heteroatoms. The Balaban J connectivity index is 2.08. The summed E-state index contributed by atoms with van der Waals surface area (Å²) in [4.78, 5) is 4.40. The molecule has 1 fully saturated rings. The van der Waals surface area contributed by atoms with Gasteiger partial charge in [0, 0.05) is 27.7 Å². The lowest BCUT2D eigenvalue weighted by Crippen LogP contribution is -2.34. The lowest BCUT2D eigenvalue weighted by Gasteiger charge is -2.26. The maximum absolute atomic E-state index is 9.57. The molecule has 3 N–H and O–H groups in total. The van der Waals surface area contributed by atoms with Gasteiger partial charge in [-0.1, -0.05) is 15.9 Å². The first-order valence-electron chi connectivity index (χ1n) is 7.57. The van der Waals surface area contributed by atoms with Crippen LogP contribution in [0.1, 0.15) is 38.2 Å². The Morgan fingerprint density at radius 2 is 2.00 bits per heavy atom. The van der Waals surface area contributed by atoms with E-state index in [1.807, 2.05) is 12.1 Å². The summed E-state index contributed by atoms with van der Waals surface area (Å²) >= 11 is 7.04. The molecule has 1 atom stereocenters. The first-order chi connectivity index (χ1) is 10.5. The summed E-state index contributed by atoms with van der Waals surface area (Å²) < 4.78 is 1.89. The van der Waals surface area contributed by atoms with Gasteiger partial charge in [0.25, 0.3) is 0 Å². The third-order valence-corrected chi connectivity index (χ3v) is 4.87. The highest BCUT2D eigenvalue weighted by atomic mass is 79.9. The molecule has 0 radical (unpaired) electrons. The van der Waals surface area contributed by atoms with Crippen molar-refractivity contribution < 1.29 is 10.2 Å². The Labute approximate surface area is 148 Å². The van der Waals surface area contributed by atoms with Crippen molar-refractivity contribution in [3.63, 3.8) is 0 Å². The van der Waals surface area contributed by atoms with E-state index in [1.54, 1.807) is 6.92 Å². The number of halogens is 2. The van der Waals surface area contributed by atoms with Gasteiger partial charge in [0.15, 0.2) is 0 Å². The SMILES string of the molecule is CC(O)C=Nc1c(Br)cc(Br)cc1CNC1CCC(O)CC1. The number of aliphatic hydroxyl groups excluding tert-OH is 2. The molecule has 4 nitrogen and oxygen atoms in total. The standard InChI is InChI=1S/C16H22Br2N2O2/c1-10(21)8-20-16-11(6-12(17)7-15(16)18)9-19-13-2-4-14(22)5-3-13/h6-8,10,13-14,19,21-22H,2-5,9H2,1H3. The van der Waals surface area contributed by atoms with Crippen molar-refractivity contribution in [2.75, 3.05) is 0 Å². The second kappa shape index (κ2) is 8.55. The predicted octanol–water partition coefficient (Wildman–Crippen LogP) is 3.69. The highest BCUT2D eigenvalue weighted by molar-refractivity contribution is 9.11. The number of nitrogens with zero attached hydrogens (tertiary/aromatic N) is 1. The Bertz CT molecular complexity index is 527. The fraction of sp³-hybridized carbons (Fsp3) is 0.562. The zero-order chi connectivity index (χ0) is 16.1. The summed E-state index contributed by atoms with van der Waals surface area (Å²) in [6.07, 6.45) is 4.57. The molecule has 0 spiro atoms. The number of aliphatic imine (C=N–C) groups is 1. The molecule has 1 aliphatic carbocycles. The van der Waals surface area contributed by atoms with E-state index in [1.165, 1.54) is 6.21 Å². The number of nitrogens with one attached hydrogen (secondary N) is 1. The summed E-state index contributed by atoms with van der Waals surface area (Å²) in [7, 11) is 0. The van der Waals surface area contributed by atoms with E-state index in [0.717, 1.165) is 45.9 Å². The molecule has 0 amide bonds. The molecule has 22 heavy (non-hydrogen) atoms. The number of aliphatic hydroxyl groups is 2. The van der Waals surface area contributed by atoms with Crippen molar-refractivity contribution in [3.8, 4) is 0 Å². The van der Waals surface area contributed by atoms with Gasteiger partial charge in [0.2, 0.25) is 0 Å². The molecular weight excluding hydrogens is 412 g/mol. The third-order valence-electron chi connectivity index (χ3n) is 3.80. The molecule has 0 aromatic heterocycles. The van der Waals surface area contributed by atoms with Crippen LogP contribution >= 0.6 is 31.9 Å². The van der Waals surface area contributed by atoms with Crippen molar-refractivity contribution in [2.45, 2.75) is 57.4 Å². The van der Waals surface area contributed by atoms with Crippen LogP contribution in [0.3, 0.4) is 0 Å². The second-order valence-electron chi connectivity index (χ2n) is 5.80. The molecule has 1 aliphatic rings. The van der Waals surface area contributed by atoms with Gasteiger partial charge in [-0.15, -0.1) is 0 Å². The topological polar surface area (TPSA) is 64.9 Å². The number of benzene rings is 1. The normalized spacial score (nSPS) is 23.9. The van der Waals surface area contributed by atoms with E-state index < -0.39 is 6.10 Å². The van der Waals surface area contributed by atoms with Crippen molar-refractivity contribution >= 4 is 43.8 Å². The quantitative estimate of drug-likeness (QED) is 0.620. The molecule has 0 aliphatic heterocycles. The van der Waals surface area contributed by atoms with Crippen molar-refractivity contribution in [1.29, 1.82) is 0 Å². The van der Waals surface area contributed by atoms with Crippen molar-refractivity contribution in [2.24, 2.45) is 4.99 Å². The van der Waals surface area contributed by atoms with Gasteiger partial charge >= 0.3 is 0 Å². The van der Waals surface area contributed by atoms with Crippen molar-refractivity contribution in [1.82, 2.24) is 5.32 Å². The van der Waals surface area contributed by atoms with Crippen LogP contribution in [-0.4, -0.2) is 34.7 Å². The molecule has 1 saturated carbocycles. The Hall–Kier alpha value is -0.270. The average molecular weight is 434 g/mol. The van der Waals surface area contributed by atoms with Crippen LogP contribution in [0.5, 0.6) is 0 Å². The van der Waals surface area contributed by atoms with E-state index in [0.29, 0.717) is 12.6 Å². The summed E-state index contributed by atoms with van der Waals surface area (Å²) in [6.45, 7) is 2.40. The largest absolute Gasteiger partial charge is 0.393 e. The van der Waals surface area contributed by atoms with Gasteiger partial charge in [0.1, 0.15) is 0 Å². The summed E-state index contributed by atoms with van der Waals surface area (Å²) in [6, 6.07) is 4.44. The lowest BCUT2D eigenvalue weighted by atomic mass is 9.93. The third kappa shape index (κ3) is 5.42. The van der Waals surface area contributed by atoms with Gasteiger partial charge in [0.05, 0.1) is 17.9 Å². The maximum atomic E-state index is 9.57. The predicted molar refractivity (Wildman–Crippen MR) is 96.8 cm³/mol. The summed E-state index contributed by atoms with van der Waals surface area (Å²) in [5.41, 5.74) is 1.91. The van der Waals surface area contributed by atoms with Crippen LogP contribution in [0, 0.1) is 0 Å². The van der Waals surface area contributed by atoms with Crippen LogP contribution in [0.4, 0.5) is 5.69 Å². The first kappa shape index (κ1) is 18.1. The van der Waals surface area contributed by atoms with Crippen molar-refractivity contribution in [3.05, 3.63) is 26.6 Å². The summed E-state index contributed by atoms with van der Waals surface area (Å²) in [5.74, 6) is 0. The molecule has 1 unspecified atom stereocenters. The zero-order valence-electron chi connectivity index (χ0n) is 12.6. The minimum absolute atomic E-state index is 0.135. The van der Waals surface area contributed by atoms with Crippen LogP contribution in [0.25, 0.3) is 0 Å². The van der Waals surface area contributed by atoms with Crippen LogP contribution in [0.15, 0.2) is 26.1 Å². The summed E-state index contributed by atoms with van der Waals surface area (Å²) in [5, 5.41) is 22.5. The zero-order valence-corrected chi connectivity index (χ0v) is 15.8. The van der Waals surface area contributed by atoms with E-state index in [-0.39, 0.29) is 6.10 Å². The molecule has 0 saturated heterocycles. The minimum atomic E-state index is -0.573. The fourth-order valence-corrected chi connectivity index (χ4v) is 4.03. The minimum Gasteiger partial charge on any atom is -0.393 e. The Morgan fingerprint density at radius 1 is 1.32 bits per heavy atom. The van der Waals surface area contributed by atoms with Gasteiger partial charge in [-0.25, -0.2) is 0 Å². The molecule has 0 bridgehead atoms. The number of rotatable bonds is 5. The number of hydrogen-bond donors (Lipinski definition) is 3. The molecular formula is C16H22Br2N2O2. The van der Waals surface area contributed by atoms with Gasteiger partial charge in [-0.05, 0) is 66.2 Å². The number of hydrogen-bond acceptors (Lipinski definition) is 4. The average Bonchev–Trinajstić information content (AvgIpc) is 2.45. The maximum Gasteiger partial charge on any atom is 0.0863 e. The molecule has 1 aromatic rings. The van der Waals surface area contributed by atoms with E-state index in [9.17, 15) is 10.2 Å². The van der Waals surface area contributed by atoms with Gasteiger partial charge in [-0.3, -0.25) is 4.99 Å². The van der Waals surface area contributed by atoms with Gasteiger partial charge < -0.3 is 15.5 Å². The molecule has 2 rings (SSSR count). The van der Waals surface area contributed by atoms with E-state index in [4.69, 9.17) is 0 Å². The highest BCUT2D eigenvalue weighted by Gasteiger charge is 2.19.